The van der Waals surface area contributed by atoms with Crippen LogP contribution in [0.25, 0.3) is 0 Å². The normalized spacial score (nSPS) is 12.2. The van der Waals surface area contributed by atoms with Crippen LogP contribution >= 0.6 is 0 Å². The van der Waals surface area contributed by atoms with Crippen molar-refractivity contribution in [3.8, 4) is 0 Å². The summed E-state index contributed by atoms with van der Waals surface area (Å²) in [7, 11) is 0. The first-order chi connectivity index (χ1) is 9.70. The average molecular weight is 271 g/mol. The molecular formula is C18H22FN. The number of hydrogen-bond acceptors (Lipinski definition) is 1. The summed E-state index contributed by atoms with van der Waals surface area (Å²) in [6.07, 6.45) is 3.27. The highest BCUT2D eigenvalue weighted by atomic mass is 19.1. The van der Waals surface area contributed by atoms with Gasteiger partial charge in [0.15, 0.2) is 0 Å². The number of anilines is 1. The first kappa shape index (κ1) is 14.6. The maximum atomic E-state index is 13.9. The van der Waals surface area contributed by atoms with E-state index in [0.29, 0.717) is 5.69 Å². The summed E-state index contributed by atoms with van der Waals surface area (Å²) in [5, 5.41) is 3.36. The van der Waals surface area contributed by atoms with E-state index in [2.05, 4.69) is 24.4 Å². The molecule has 0 radical (unpaired) electrons. The van der Waals surface area contributed by atoms with E-state index in [1.54, 1.807) is 6.07 Å². The zero-order valence-corrected chi connectivity index (χ0v) is 12.2. The molecule has 0 aromatic heterocycles. The molecule has 0 saturated carbocycles. The monoisotopic (exact) mass is 271 g/mol. The summed E-state index contributed by atoms with van der Waals surface area (Å²) >= 11 is 0. The van der Waals surface area contributed by atoms with Gasteiger partial charge in [0, 0.05) is 0 Å². The molecule has 2 heteroatoms. The molecule has 0 aliphatic carbocycles. The third-order valence-electron chi connectivity index (χ3n) is 3.50. The lowest BCUT2D eigenvalue weighted by atomic mass is 10.0. The maximum Gasteiger partial charge on any atom is 0.146 e. The summed E-state index contributed by atoms with van der Waals surface area (Å²) in [4.78, 5) is 0. The first-order valence-electron chi connectivity index (χ1n) is 7.28. The number of aryl methyl sites for hydroxylation is 1. The fourth-order valence-electron chi connectivity index (χ4n) is 2.35. The summed E-state index contributed by atoms with van der Waals surface area (Å²) < 4.78 is 13.9. The number of hydrogen-bond donors (Lipinski definition) is 1. The molecule has 0 saturated heterocycles. The van der Waals surface area contributed by atoms with Crippen molar-refractivity contribution < 1.29 is 4.39 Å². The summed E-state index contributed by atoms with van der Waals surface area (Å²) in [5.74, 6) is -0.187. The summed E-state index contributed by atoms with van der Waals surface area (Å²) in [6, 6.07) is 15.6. The Labute approximate surface area is 120 Å². The van der Waals surface area contributed by atoms with Crippen LogP contribution in [0.5, 0.6) is 0 Å². The van der Waals surface area contributed by atoms with E-state index in [1.807, 2.05) is 31.2 Å². The standard InChI is InChI=1S/C18H22FN/c1-3-4-10-17(15-8-6-5-7-9-15)20-18-13-14(2)11-12-16(18)19/h5-9,11-13,17,20H,3-4,10H2,1-2H3. The maximum absolute atomic E-state index is 13.9. The Kier molecular flexibility index (Phi) is 5.16. The second-order valence-electron chi connectivity index (χ2n) is 5.23. The van der Waals surface area contributed by atoms with Crippen molar-refractivity contribution in [3.63, 3.8) is 0 Å². The van der Waals surface area contributed by atoms with Crippen LogP contribution in [0.15, 0.2) is 48.5 Å². The van der Waals surface area contributed by atoms with E-state index in [9.17, 15) is 4.39 Å². The molecule has 0 aliphatic heterocycles. The zero-order chi connectivity index (χ0) is 14.4. The predicted octanol–water partition coefficient (Wildman–Crippen LogP) is 5.48. The fourth-order valence-corrected chi connectivity index (χ4v) is 2.35. The number of halogens is 1. The van der Waals surface area contributed by atoms with Gasteiger partial charge in [0.05, 0.1) is 11.7 Å². The first-order valence-corrected chi connectivity index (χ1v) is 7.28. The number of unbranched alkanes of at least 4 members (excludes halogenated alkanes) is 1. The van der Waals surface area contributed by atoms with E-state index in [4.69, 9.17) is 0 Å². The molecule has 0 bridgehead atoms. The molecule has 0 fully saturated rings. The Morgan fingerprint density at radius 1 is 1.10 bits per heavy atom. The van der Waals surface area contributed by atoms with Crippen LogP contribution in [0, 0.1) is 12.7 Å². The van der Waals surface area contributed by atoms with Crippen LogP contribution in [0.4, 0.5) is 10.1 Å². The predicted molar refractivity (Wildman–Crippen MR) is 83.5 cm³/mol. The van der Waals surface area contributed by atoms with Gasteiger partial charge in [-0.3, -0.25) is 0 Å². The van der Waals surface area contributed by atoms with E-state index in [1.165, 1.54) is 11.6 Å². The summed E-state index contributed by atoms with van der Waals surface area (Å²) in [5.41, 5.74) is 2.87. The molecule has 2 aromatic carbocycles. The van der Waals surface area contributed by atoms with Crippen molar-refractivity contribution in [2.45, 2.75) is 39.2 Å². The lowest BCUT2D eigenvalue weighted by molar-refractivity contribution is 0.607. The molecule has 0 heterocycles. The molecule has 0 spiro atoms. The third-order valence-corrected chi connectivity index (χ3v) is 3.50. The van der Waals surface area contributed by atoms with Gasteiger partial charge >= 0.3 is 0 Å². The van der Waals surface area contributed by atoms with Crippen LogP contribution in [0.2, 0.25) is 0 Å². The van der Waals surface area contributed by atoms with Gasteiger partial charge in [-0.15, -0.1) is 0 Å². The highest BCUT2D eigenvalue weighted by Gasteiger charge is 2.12. The van der Waals surface area contributed by atoms with Crippen LogP contribution in [-0.4, -0.2) is 0 Å². The highest BCUT2D eigenvalue weighted by Crippen LogP contribution is 2.26. The van der Waals surface area contributed by atoms with E-state index in [-0.39, 0.29) is 11.9 Å². The Morgan fingerprint density at radius 3 is 2.55 bits per heavy atom. The van der Waals surface area contributed by atoms with Crippen LogP contribution in [-0.2, 0) is 0 Å². The molecule has 2 aromatic rings. The molecule has 106 valence electrons. The zero-order valence-electron chi connectivity index (χ0n) is 12.2. The van der Waals surface area contributed by atoms with Crippen molar-refractivity contribution >= 4 is 5.69 Å². The van der Waals surface area contributed by atoms with Crippen molar-refractivity contribution in [3.05, 3.63) is 65.5 Å². The Balaban J connectivity index is 2.21. The SMILES string of the molecule is CCCCC(Nc1cc(C)ccc1F)c1ccccc1. The van der Waals surface area contributed by atoms with E-state index in [0.717, 1.165) is 24.8 Å². The largest absolute Gasteiger partial charge is 0.376 e. The quantitative estimate of drug-likeness (QED) is 0.733. The van der Waals surface area contributed by atoms with Gasteiger partial charge in [0.2, 0.25) is 0 Å². The van der Waals surface area contributed by atoms with Crippen molar-refractivity contribution in [1.29, 1.82) is 0 Å². The van der Waals surface area contributed by atoms with Crippen LogP contribution < -0.4 is 5.32 Å². The van der Waals surface area contributed by atoms with Crippen LogP contribution in [0.1, 0.15) is 43.4 Å². The Hall–Kier alpha value is -1.83. The van der Waals surface area contributed by atoms with Gasteiger partial charge < -0.3 is 5.32 Å². The van der Waals surface area contributed by atoms with Crippen molar-refractivity contribution in [2.24, 2.45) is 0 Å². The number of rotatable bonds is 6. The van der Waals surface area contributed by atoms with E-state index >= 15 is 0 Å². The third kappa shape index (κ3) is 3.83. The lowest BCUT2D eigenvalue weighted by Gasteiger charge is -2.21. The van der Waals surface area contributed by atoms with Crippen molar-refractivity contribution in [2.75, 3.05) is 5.32 Å². The van der Waals surface area contributed by atoms with Gasteiger partial charge in [-0.05, 0) is 36.6 Å². The molecule has 2 rings (SSSR count). The Bertz CT molecular complexity index is 536. The second-order valence-corrected chi connectivity index (χ2v) is 5.23. The molecule has 1 unspecified atom stereocenters. The Morgan fingerprint density at radius 2 is 1.85 bits per heavy atom. The second kappa shape index (κ2) is 7.09. The van der Waals surface area contributed by atoms with Crippen LogP contribution in [0.3, 0.4) is 0 Å². The molecular weight excluding hydrogens is 249 g/mol. The van der Waals surface area contributed by atoms with Gasteiger partial charge in [0.1, 0.15) is 5.82 Å². The van der Waals surface area contributed by atoms with Gasteiger partial charge in [0.25, 0.3) is 0 Å². The van der Waals surface area contributed by atoms with Crippen molar-refractivity contribution in [1.82, 2.24) is 0 Å². The minimum atomic E-state index is -0.187. The lowest BCUT2D eigenvalue weighted by Crippen LogP contribution is -2.12. The number of nitrogens with one attached hydrogen (secondary N) is 1. The molecule has 1 atom stereocenters. The minimum Gasteiger partial charge on any atom is -0.376 e. The minimum absolute atomic E-state index is 0.160. The van der Waals surface area contributed by atoms with Gasteiger partial charge in [-0.1, -0.05) is 56.2 Å². The number of benzene rings is 2. The smallest absolute Gasteiger partial charge is 0.146 e. The average Bonchev–Trinajstić information content (AvgIpc) is 2.48. The molecule has 0 aliphatic rings. The molecule has 20 heavy (non-hydrogen) atoms. The molecule has 1 nitrogen and oxygen atoms in total. The highest BCUT2D eigenvalue weighted by molar-refractivity contribution is 5.49. The van der Waals surface area contributed by atoms with Gasteiger partial charge in [-0.25, -0.2) is 4.39 Å². The molecule has 1 N–H and O–H groups in total. The summed E-state index contributed by atoms with van der Waals surface area (Å²) in [6.45, 7) is 4.16. The fraction of sp³-hybridized carbons (Fsp3) is 0.333. The topological polar surface area (TPSA) is 12.0 Å². The van der Waals surface area contributed by atoms with Gasteiger partial charge in [-0.2, -0.15) is 0 Å². The molecule has 0 amide bonds. The van der Waals surface area contributed by atoms with E-state index < -0.39 is 0 Å².